The normalized spacial score (nSPS) is 15.2. The van der Waals surface area contributed by atoms with Gasteiger partial charge in [-0.1, -0.05) is 39.0 Å². The first-order chi connectivity index (χ1) is 6.85. The van der Waals surface area contributed by atoms with Gasteiger partial charge in [-0.3, -0.25) is 0 Å². The van der Waals surface area contributed by atoms with Gasteiger partial charge in [0, 0.05) is 0 Å². The molecule has 0 aromatic heterocycles. The molecule has 0 spiro atoms. The molecule has 1 aliphatic rings. The molecule has 0 aromatic carbocycles. The highest BCUT2D eigenvalue weighted by molar-refractivity contribution is 5.57. The first-order valence-electron chi connectivity index (χ1n) is 5.77. The van der Waals surface area contributed by atoms with Crippen molar-refractivity contribution in [3.63, 3.8) is 0 Å². The van der Waals surface area contributed by atoms with Crippen LogP contribution in [0.1, 0.15) is 59.8 Å². The quantitative estimate of drug-likeness (QED) is 0.723. The molecule has 0 aliphatic heterocycles. The number of unbranched alkanes of at least 4 members (excludes halogenated alkanes) is 1. The molecular formula is C12H24O3. The average Bonchev–Trinajstić information content (AvgIpc) is 2.79. The lowest BCUT2D eigenvalue weighted by molar-refractivity contribution is 0.0150. The molecule has 15 heavy (non-hydrogen) atoms. The van der Waals surface area contributed by atoms with Crippen molar-refractivity contribution in [3.8, 4) is 0 Å². The van der Waals surface area contributed by atoms with Gasteiger partial charge >= 0.3 is 6.16 Å². The van der Waals surface area contributed by atoms with E-state index in [9.17, 15) is 4.79 Å². The van der Waals surface area contributed by atoms with Crippen molar-refractivity contribution in [2.45, 2.75) is 65.4 Å². The number of ether oxygens (including phenoxy) is 1. The summed E-state index contributed by atoms with van der Waals surface area (Å²) < 4.78 is 4.35. The molecule has 0 unspecified atom stereocenters. The van der Waals surface area contributed by atoms with Crippen molar-refractivity contribution in [2.24, 2.45) is 5.92 Å². The number of rotatable bonds is 3. The molecule has 90 valence electrons. The molecule has 1 saturated carbocycles. The van der Waals surface area contributed by atoms with E-state index in [1.807, 2.05) is 0 Å². The fraction of sp³-hybridized carbons (Fsp3) is 0.917. The Morgan fingerprint density at radius 3 is 2.13 bits per heavy atom. The molecule has 0 radical (unpaired) electrons. The van der Waals surface area contributed by atoms with Gasteiger partial charge in [0.1, 0.15) is 5.60 Å². The van der Waals surface area contributed by atoms with Crippen LogP contribution >= 0.6 is 0 Å². The second kappa shape index (κ2) is 6.70. The van der Waals surface area contributed by atoms with Gasteiger partial charge in [0.2, 0.25) is 0 Å². The van der Waals surface area contributed by atoms with E-state index in [1.165, 1.54) is 32.1 Å². The Balaban J connectivity index is 0.000000262. The van der Waals surface area contributed by atoms with Crippen molar-refractivity contribution in [3.05, 3.63) is 0 Å². The first kappa shape index (κ1) is 14.3. The fourth-order valence-electron chi connectivity index (χ4n) is 1.16. The van der Waals surface area contributed by atoms with Crippen molar-refractivity contribution in [2.75, 3.05) is 0 Å². The zero-order valence-electron chi connectivity index (χ0n) is 10.4. The Morgan fingerprint density at radius 2 is 1.93 bits per heavy atom. The van der Waals surface area contributed by atoms with Gasteiger partial charge in [0.25, 0.3) is 0 Å². The van der Waals surface area contributed by atoms with Crippen molar-refractivity contribution in [1.82, 2.24) is 0 Å². The molecule has 0 heterocycles. The average molecular weight is 216 g/mol. The van der Waals surface area contributed by atoms with E-state index in [2.05, 4.69) is 11.7 Å². The topological polar surface area (TPSA) is 46.5 Å². The number of hydrogen-bond acceptors (Lipinski definition) is 2. The van der Waals surface area contributed by atoms with Crippen LogP contribution in [0.2, 0.25) is 0 Å². The fourth-order valence-corrected chi connectivity index (χ4v) is 1.16. The Kier molecular flexibility index (Phi) is 6.37. The summed E-state index contributed by atoms with van der Waals surface area (Å²) in [5.41, 5.74) is -0.578. The summed E-state index contributed by atoms with van der Waals surface area (Å²) in [5.74, 6) is 1.15. The van der Waals surface area contributed by atoms with E-state index in [4.69, 9.17) is 5.11 Å². The minimum Gasteiger partial charge on any atom is -0.450 e. The van der Waals surface area contributed by atoms with Crippen LogP contribution < -0.4 is 0 Å². The molecule has 1 fully saturated rings. The lowest BCUT2D eigenvalue weighted by Gasteiger charge is -2.15. The highest BCUT2D eigenvalue weighted by atomic mass is 16.7. The summed E-state index contributed by atoms with van der Waals surface area (Å²) in [4.78, 5) is 9.79. The summed E-state index contributed by atoms with van der Waals surface area (Å²) in [7, 11) is 0. The molecule has 1 N–H and O–H groups in total. The van der Waals surface area contributed by atoms with Crippen molar-refractivity contribution >= 4 is 6.16 Å². The van der Waals surface area contributed by atoms with Crippen molar-refractivity contribution < 1.29 is 14.6 Å². The number of carboxylic acid groups (broad SMARTS) is 1. The van der Waals surface area contributed by atoms with Crippen LogP contribution in [0.4, 0.5) is 4.79 Å². The summed E-state index contributed by atoms with van der Waals surface area (Å²) in [6.45, 7) is 7.31. The minimum absolute atomic E-state index is 0.578. The molecule has 0 atom stereocenters. The van der Waals surface area contributed by atoms with E-state index < -0.39 is 11.8 Å². The van der Waals surface area contributed by atoms with Gasteiger partial charge in [0.15, 0.2) is 0 Å². The number of carbonyl (C=O) groups is 1. The van der Waals surface area contributed by atoms with E-state index in [0.717, 1.165) is 5.92 Å². The molecule has 0 bridgehead atoms. The molecule has 1 aliphatic carbocycles. The molecule has 0 aromatic rings. The van der Waals surface area contributed by atoms with Gasteiger partial charge in [-0.15, -0.1) is 0 Å². The molecule has 3 heteroatoms. The zero-order valence-corrected chi connectivity index (χ0v) is 10.4. The second-order valence-electron chi connectivity index (χ2n) is 5.07. The molecule has 1 rings (SSSR count). The Morgan fingerprint density at radius 1 is 1.40 bits per heavy atom. The largest absolute Gasteiger partial charge is 0.506 e. The first-order valence-corrected chi connectivity index (χ1v) is 5.77. The maximum Gasteiger partial charge on any atom is 0.506 e. The van der Waals surface area contributed by atoms with Crippen LogP contribution in [-0.2, 0) is 4.74 Å². The van der Waals surface area contributed by atoms with E-state index >= 15 is 0 Å². The Hall–Kier alpha value is -0.730. The monoisotopic (exact) mass is 216 g/mol. The van der Waals surface area contributed by atoms with E-state index in [1.54, 1.807) is 20.8 Å². The van der Waals surface area contributed by atoms with Crippen LogP contribution in [0.25, 0.3) is 0 Å². The minimum atomic E-state index is -1.22. The van der Waals surface area contributed by atoms with Gasteiger partial charge < -0.3 is 9.84 Å². The van der Waals surface area contributed by atoms with Crippen LogP contribution in [0.3, 0.4) is 0 Å². The predicted octanol–water partition coefficient (Wildman–Crippen LogP) is 4.07. The summed E-state index contributed by atoms with van der Waals surface area (Å²) in [6.07, 6.45) is 6.19. The smallest absolute Gasteiger partial charge is 0.450 e. The van der Waals surface area contributed by atoms with E-state index in [0.29, 0.717) is 0 Å². The maximum atomic E-state index is 9.79. The van der Waals surface area contributed by atoms with Crippen LogP contribution in [-0.4, -0.2) is 16.9 Å². The third-order valence-electron chi connectivity index (χ3n) is 2.06. The Bertz CT molecular complexity index is 178. The van der Waals surface area contributed by atoms with Crippen LogP contribution in [0, 0.1) is 5.92 Å². The second-order valence-corrected chi connectivity index (χ2v) is 5.07. The summed E-state index contributed by atoms with van der Waals surface area (Å²) in [6, 6.07) is 0. The third kappa shape index (κ3) is 13.3. The highest BCUT2D eigenvalue weighted by Crippen LogP contribution is 2.33. The summed E-state index contributed by atoms with van der Waals surface area (Å²) in [5, 5.41) is 8.03. The Labute approximate surface area is 92.8 Å². The van der Waals surface area contributed by atoms with Crippen LogP contribution in [0.5, 0.6) is 0 Å². The third-order valence-corrected chi connectivity index (χ3v) is 2.06. The van der Waals surface area contributed by atoms with Crippen molar-refractivity contribution in [1.29, 1.82) is 0 Å². The number of hydrogen-bond donors (Lipinski definition) is 1. The van der Waals surface area contributed by atoms with Crippen LogP contribution in [0.15, 0.2) is 0 Å². The molecular weight excluding hydrogens is 192 g/mol. The van der Waals surface area contributed by atoms with Gasteiger partial charge in [-0.25, -0.2) is 4.79 Å². The highest BCUT2D eigenvalue weighted by Gasteiger charge is 2.19. The van der Waals surface area contributed by atoms with Gasteiger partial charge in [-0.05, 0) is 26.7 Å². The zero-order chi connectivity index (χ0) is 11.9. The van der Waals surface area contributed by atoms with E-state index in [-0.39, 0.29) is 0 Å². The molecule has 0 amide bonds. The van der Waals surface area contributed by atoms with Gasteiger partial charge in [-0.2, -0.15) is 0 Å². The predicted molar refractivity (Wildman–Crippen MR) is 61.1 cm³/mol. The van der Waals surface area contributed by atoms with Gasteiger partial charge in [0.05, 0.1) is 0 Å². The summed E-state index contributed by atoms with van der Waals surface area (Å²) >= 11 is 0. The standard InChI is InChI=1S/C7H14.C5H10O3/c1-2-3-4-7-5-6-7;1-5(2,3)8-4(6)7/h7H,2-6H2,1H3;1-3H3,(H,6,7). The lowest BCUT2D eigenvalue weighted by Crippen LogP contribution is -2.22. The SMILES string of the molecule is CC(C)(C)OC(=O)O.CCCCC1CC1. The maximum absolute atomic E-state index is 9.79. The molecule has 0 saturated heterocycles. The molecule has 3 nitrogen and oxygen atoms in total. The lowest BCUT2D eigenvalue weighted by atomic mass is 10.2.